The summed E-state index contributed by atoms with van der Waals surface area (Å²) in [5.41, 5.74) is 7.47. The van der Waals surface area contributed by atoms with Crippen molar-refractivity contribution in [2.24, 2.45) is 0 Å². The lowest BCUT2D eigenvalue weighted by Crippen LogP contribution is -2.00. The number of aryl methyl sites for hydroxylation is 1. The van der Waals surface area contributed by atoms with Gasteiger partial charge < -0.3 is 10.5 Å². The Bertz CT molecular complexity index is 476. The summed E-state index contributed by atoms with van der Waals surface area (Å²) < 4.78 is 5.84. The molecule has 0 aliphatic heterocycles. The molecule has 2 N–H and O–H groups in total. The van der Waals surface area contributed by atoms with Crippen LogP contribution in [0.5, 0.6) is 5.75 Å². The van der Waals surface area contributed by atoms with Gasteiger partial charge in [0.25, 0.3) is 0 Å². The van der Waals surface area contributed by atoms with Gasteiger partial charge in [-0.05, 0) is 25.0 Å². The minimum Gasteiger partial charge on any atom is -0.493 e. The third kappa shape index (κ3) is 11.0. The molecule has 1 aromatic carbocycles. The summed E-state index contributed by atoms with van der Waals surface area (Å²) in [5.74, 6) is 0.863. The Hall–Kier alpha value is -0.890. The van der Waals surface area contributed by atoms with Gasteiger partial charge in [0.15, 0.2) is 0 Å². The molecule has 26 heavy (non-hydrogen) atoms. The highest BCUT2D eigenvalue weighted by Crippen LogP contribution is 2.28. The number of rotatable bonds is 16. The molecule has 0 amide bonds. The average Bonchev–Trinajstić information content (AvgIpc) is 2.62. The van der Waals surface area contributed by atoms with Gasteiger partial charge in [0.1, 0.15) is 5.75 Å². The number of halogens is 1. The number of nitrogen functional groups attached to an aromatic ring is 1. The SMILES string of the molecule is CCCCCCCCCCCCCCCCOc1cc(N)c(Cl)cc1C. The summed E-state index contributed by atoms with van der Waals surface area (Å²) >= 11 is 6.00. The van der Waals surface area contributed by atoms with E-state index in [1.54, 1.807) is 0 Å². The fourth-order valence-corrected chi connectivity index (χ4v) is 3.52. The Morgan fingerprint density at radius 2 is 1.23 bits per heavy atom. The molecule has 1 rings (SSSR count). The molecule has 0 aliphatic rings. The average molecular weight is 382 g/mol. The van der Waals surface area contributed by atoms with Crippen LogP contribution in [0.4, 0.5) is 5.69 Å². The fourth-order valence-electron chi connectivity index (χ4n) is 3.30. The van der Waals surface area contributed by atoms with Crippen LogP contribution in [-0.4, -0.2) is 6.61 Å². The third-order valence-corrected chi connectivity index (χ3v) is 5.38. The molecule has 3 heteroatoms. The zero-order valence-electron chi connectivity index (χ0n) is 17.1. The Morgan fingerprint density at radius 1 is 0.769 bits per heavy atom. The molecule has 0 aliphatic carbocycles. The van der Waals surface area contributed by atoms with Gasteiger partial charge in [-0.15, -0.1) is 0 Å². The molecule has 0 heterocycles. The standard InChI is InChI=1S/C23H40ClNO/c1-3-4-5-6-7-8-9-10-11-12-13-14-15-16-17-26-23-19-22(25)21(24)18-20(23)2/h18-19H,3-17,25H2,1-2H3. The van der Waals surface area contributed by atoms with E-state index in [1.165, 1.54) is 83.5 Å². The lowest BCUT2D eigenvalue weighted by Gasteiger charge is -2.11. The van der Waals surface area contributed by atoms with Crippen LogP contribution in [0, 0.1) is 6.92 Å². The zero-order chi connectivity index (χ0) is 19.0. The smallest absolute Gasteiger partial charge is 0.124 e. The van der Waals surface area contributed by atoms with Crippen LogP contribution in [0.25, 0.3) is 0 Å². The normalized spacial score (nSPS) is 11.0. The second-order valence-electron chi connectivity index (χ2n) is 7.58. The summed E-state index contributed by atoms with van der Waals surface area (Å²) in [6.45, 7) is 5.05. The molecule has 0 unspecified atom stereocenters. The number of benzene rings is 1. The highest BCUT2D eigenvalue weighted by molar-refractivity contribution is 6.33. The van der Waals surface area contributed by atoms with Crippen molar-refractivity contribution in [1.82, 2.24) is 0 Å². The van der Waals surface area contributed by atoms with Crippen LogP contribution < -0.4 is 10.5 Å². The topological polar surface area (TPSA) is 35.2 Å². The molecule has 0 spiro atoms. The first-order valence-electron chi connectivity index (χ1n) is 10.8. The van der Waals surface area contributed by atoms with E-state index < -0.39 is 0 Å². The van der Waals surface area contributed by atoms with Crippen LogP contribution >= 0.6 is 11.6 Å². The van der Waals surface area contributed by atoms with E-state index in [0.717, 1.165) is 24.3 Å². The molecule has 0 saturated heterocycles. The number of hydrogen-bond donors (Lipinski definition) is 1. The number of anilines is 1. The largest absolute Gasteiger partial charge is 0.493 e. The third-order valence-electron chi connectivity index (χ3n) is 5.05. The molecule has 0 bridgehead atoms. The molecule has 2 nitrogen and oxygen atoms in total. The fraction of sp³-hybridized carbons (Fsp3) is 0.739. The van der Waals surface area contributed by atoms with Crippen LogP contribution in [0.1, 0.15) is 102 Å². The Morgan fingerprint density at radius 3 is 1.73 bits per heavy atom. The number of unbranched alkanes of at least 4 members (excludes halogenated alkanes) is 13. The minimum absolute atomic E-state index is 0.591. The first kappa shape index (κ1) is 23.1. The van der Waals surface area contributed by atoms with Gasteiger partial charge in [0.2, 0.25) is 0 Å². The van der Waals surface area contributed by atoms with Gasteiger partial charge in [0.05, 0.1) is 17.3 Å². The van der Waals surface area contributed by atoms with E-state index in [-0.39, 0.29) is 0 Å². The predicted octanol–water partition coefficient (Wildman–Crippen LogP) is 8.09. The van der Waals surface area contributed by atoms with Crippen molar-refractivity contribution in [1.29, 1.82) is 0 Å². The van der Waals surface area contributed by atoms with Crippen molar-refractivity contribution in [2.75, 3.05) is 12.3 Å². The van der Waals surface area contributed by atoms with Gasteiger partial charge in [-0.1, -0.05) is 102 Å². The van der Waals surface area contributed by atoms with Crippen LogP contribution in [0.2, 0.25) is 5.02 Å². The molecule has 0 saturated carbocycles. The van der Waals surface area contributed by atoms with Crippen molar-refractivity contribution in [3.8, 4) is 5.75 Å². The maximum Gasteiger partial charge on any atom is 0.124 e. The maximum atomic E-state index is 6.00. The monoisotopic (exact) mass is 381 g/mol. The van der Waals surface area contributed by atoms with Gasteiger partial charge in [0, 0.05) is 6.07 Å². The summed E-state index contributed by atoms with van der Waals surface area (Å²) in [4.78, 5) is 0. The van der Waals surface area contributed by atoms with E-state index in [4.69, 9.17) is 22.1 Å². The van der Waals surface area contributed by atoms with Crippen LogP contribution in [0.3, 0.4) is 0 Å². The van der Waals surface area contributed by atoms with Gasteiger partial charge in [-0.2, -0.15) is 0 Å². The van der Waals surface area contributed by atoms with E-state index in [1.807, 2.05) is 19.1 Å². The predicted molar refractivity (Wildman–Crippen MR) is 116 cm³/mol. The molecule has 0 aromatic heterocycles. The highest BCUT2D eigenvalue weighted by Gasteiger charge is 2.04. The Kier molecular flexibility index (Phi) is 13.5. The number of nitrogens with two attached hydrogens (primary N) is 1. The summed E-state index contributed by atoms with van der Waals surface area (Å²) in [6, 6.07) is 3.71. The van der Waals surface area contributed by atoms with Crippen LogP contribution in [0.15, 0.2) is 12.1 Å². The molecule has 0 radical (unpaired) electrons. The van der Waals surface area contributed by atoms with Gasteiger partial charge in [-0.25, -0.2) is 0 Å². The zero-order valence-corrected chi connectivity index (χ0v) is 17.9. The lowest BCUT2D eigenvalue weighted by molar-refractivity contribution is 0.302. The van der Waals surface area contributed by atoms with Gasteiger partial charge in [-0.3, -0.25) is 0 Å². The van der Waals surface area contributed by atoms with Crippen molar-refractivity contribution in [3.63, 3.8) is 0 Å². The number of ether oxygens (including phenoxy) is 1. The Balaban J connectivity index is 1.87. The minimum atomic E-state index is 0.591. The van der Waals surface area contributed by atoms with Crippen molar-refractivity contribution in [2.45, 2.75) is 104 Å². The van der Waals surface area contributed by atoms with Crippen LogP contribution in [-0.2, 0) is 0 Å². The Labute approximate surface area is 166 Å². The van der Waals surface area contributed by atoms with Crippen molar-refractivity contribution < 1.29 is 4.74 Å². The summed E-state index contributed by atoms with van der Waals surface area (Å²) in [7, 11) is 0. The number of hydrogen-bond acceptors (Lipinski definition) is 2. The molecular formula is C23H40ClNO. The lowest BCUT2D eigenvalue weighted by atomic mass is 10.0. The maximum absolute atomic E-state index is 6.00. The highest BCUT2D eigenvalue weighted by atomic mass is 35.5. The summed E-state index contributed by atoms with van der Waals surface area (Å²) in [6.07, 6.45) is 19.2. The molecule has 1 aromatic rings. The first-order valence-corrected chi connectivity index (χ1v) is 11.2. The van der Waals surface area contributed by atoms with Gasteiger partial charge >= 0.3 is 0 Å². The quantitative estimate of drug-likeness (QED) is 0.232. The van der Waals surface area contributed by atoms with Crippen molar-refractivity contribution in [3.05, 3.63) is 22.7 Å². The van der Waals surface area contributed by atoms with Crippen molar-refractivity contribution >= 4 is 17.3 Å². The van der Waals surface area contributed by atoms with E-state index in [0.29, 0.717) is 10.7 Å². The van der Waals surface area contributed by atoms with E-state index in [2.05, 4.69) is 6.92 Å². The molecule has 0 fully saturated rings. The van der Waals surface area contributed by atoms with E-state index >= 15 is 0 Å². The first-order chi connectivity index (χ1) is 12.6. The summed E-state index contributed by atoms with van der Waals surface area (Å²) in [5, 5.41) is 0.603. The molecule has 0 atom stereocenters. The molecule has 150 valence electrons. The second kappa shape index (κ2) is 15.2. The molecular weight excluding hydrogens is 342 g/mol. The van der Waals surface area contributed by atoms with E-state index in [9.17, 15) is 0 Å². The second-order valence-corrected chi connectivity index (χ2v) is 7.99.